The number of likely N-dealkylation sites (N-methyl/N-ethyl adjacent to an activating group) is 3. The highest BCUT2D eigenvalue weighted by Crippen LogP contribution is 2.74. The number of likely N-dealkylation sites (tertiary alicyclic amines) is 2. The molecule has 9 atom stereocenters. The molecular formula is C48H60B2N4O8. The van der Waals surface area contributed by atoms with Crippen molar-refractivity contribution in [3.05, 3.63) is 94.8 Å². The smallest absolute Gasteiger partial charge is 0.246 e. The first kappa shape index (κ1) is 42.6. The minimum absolute atomic E-state index is 0.0611. The summed E-state index contributed by atoms with van der Waals surface area (Å²) in [5.41, 5.74) is 5.67. The van der Waals surface area contributed by atoms with Crippen molar-refractivity contribution in [2.24, 2.45) is 11.3 Å². The topological polar surface area (TPSA) is 102 Å². The lowest BCUT2D eigenvalue weighted by Gasteiger charge is -2.70. The van der Waals surface area contributed by atoms with Crippen molar-refractivity contribution in [1.29, 1.82) is 0 Å². The molecule has 62 heavy (non-hydrogen) atoms. The highest BCUT2D eigenvalue weighted by Gasteiger charge is 2.80. The molecule has 2 amide bonds. The fraction of sp³-hybridized carbons (Fsp3) is 0.542. The van der Waals surface area contributed by atoms with E-state index in [-0.39, 0.29) is 46.2 Å². The molecule has 2 radical (unpaired) electrons. The van der Waals surface area contributed by atoms with Gasteiger partial charge in [0, 0.05) is 35.7 Å². The van der Waals surface area contributed by atoms with E-state index in [0.717, 1.165) is 74.0 Å². The van der Waals surface area contributed by atoms with Crippen molar-refractivity contribution < 1.29 is 38.0 Å². The van der Waals surface area contributed by atoms with Gasteiger partial charge in [0.25, 0.3) is 0 Å². The SMILES string of the molecule is C=CC(=O)N(C)[B]C.COC1=CC=C2[C@H]3Cc4ccc(OC)c5c4[C@@]2(CCN3C)C1O5.C[B]N(C)C(=O)[C@H]1C[C@@]23C=CC1(OC)C1Oc4c(OC)ccc5c4[C@@]12CCN(C)[C@@H]3C5. The van der Waals surface area contributed by atoms with E-state index in [1.807, 2.05) is 33.4 Å². The van der Waals surface area contributed by atoms with Crippen molar-refractivity contribution in [3.63, 3.8) is 0 Å². The minimum Gasteiger partial charge on any atom is -0.497 e. The molecule has 0 aromatic heterocycles. The predicted octanol–water partition coefficient (Wildman–Crippen LogP) is 4.76. The van der Waals surface area contributed by atoms with Crippen LogP contribution in [-0.4, -0.2) is 146 Å². The van der Waals surface area contributed by atoms with Gasteiger partial charge >= 0.3 is 0 Å². The largest absolute Gasteiger partial charge is 0.497 e. The zero-order chi connectivity index (χ0) is 44.1. The molecule has 1 saturated carbocycles. The summed E-state index contributed by atoms with van der Waals surface area (Å²) in [5, 5.41) is 0. The molecule has 2 saturated heterocycles. The van der Waals surface area contributed by atoms with Crippen LogP contribution in [0, 0.1) is 11.3 Å². The van der Waals surface area contributed by atoms with Crippen LogP contribution < -0.4 is 18.9 Å². The van der Waals surface area contributed by atoms with Gasteiger partial charge in [0.15, 0.2) is 29.1 Å². The molecule has 12 rings (SSSR count). The minimum atomic E-state index is -0.796. The number of rotatable bonds is 8. The standard InChI is InChI=1S/C24H30BN2O4.C19H21NO3.C5H9BNO/c1-25-27(3)20(28)15-13-22-8-9-24(15,30-5)21-23(22)10-11-26(2)17(22)12-14-6-7-16(29-4)19(31-21)18(14)23;1-20-9-8-19-12-5-7-15(22-3)18(19)23-17-14(21-2)6-4-11(16(17)19)10-13(12)20;1-4-5(8)7(3)6-2/h6-9,15,17,21H,10-13H2,1-5H3;4-7,13,18H,8-10H2,1-3H3;4H,1H2,2-3H3/t15-,17-,21?,22-,23+,24?;13-,18?,19+;/m11./s1. The van der Waals surface area contributed by atoms with Gasteiger partial charge in [-0.3, -0.25) is 14.5 Å². The number of fused-ring (bicyclic) bond motifs is 1. The molecule has 3 fully saturated rings. The average molecular weight is 843 g/mol. The highest BCUT2D eigenvalue weighted by molar-refractivity contribution is 6.35. The fourth-order valence-corrected chi connectivity index (χ4v) is 13.2. The predicted molar refractivity (Wildman–Crippen MR) is 239 cm³/mol. The summed E-state index contributed by atoms with van der Waals surface area (Å²) in [6.45, 7) is 9.10. The van der Waals surface area contributed by atoms with Gasteiger partial charge < -0.3 is 42.9 Å². The van der Waals surface area contributed by atoms with E-state index in [1.165, 1.54) is 38.7 Å². The molecular weight excluding hydrogens is 782 g/mol. The molecule has 12 nitrogen and oxygen atoms in total. The summed E-state index contributed by atoms with van der Waals surface area (Å²) >= 11 is 0. The number of carbonyl (C=O) groups is 2. The molecule has 14 heteroatoms. The third-order valence-electron chi connectivity index (χ3n) is 16.4. The van der Waals surface area contributed by atoms with Crippen LogP contribution in [0.15, 0.2) is 72.6 Å². The molecule has 0 N–H and O–H groups in total. The van der Waals surface area contributed by atoms with Crippen LogP contribution in [0.1, 0.15) is 41.5 Å². The summed E-state index contributed by atoms with van der Waals surface area (Å²) < 4.78 is 36.6. The lowest BCUT2D eigenvalue weighted by molar-refractivity contribution is -0.215. The third-order valence-corrected chi connectivity index (χ3v) is 16.4. The van der Waals surface area contributed by atoms with Crippen molar-refractivity contribution in [2.75, 3.05) is 69.7 Å². The molecule has 3 unspecified atom stereocenters. The van der Waals surface area contributed by atoms with Crippen LogP contribution in [0.5, 0.6) is 23.0 Å². The summed E-state index contributed by atoms with van der Waals surface area (Å²) in [7, 11) is 18.4. The van der Waals surface area contributed by atoms with Crippen LogP contribution in [0.4, 0.5) is 0 Å². The number of benzene rings is 2. The van der Waals surface area contributed by atoms with E-state index in [9.17, 15) is 9.59 Å². The average Bonchev–Trinajstić information content (AvgIpc) is 3.86. The molecule has 6 bridgehead atoms. The zero-order valence-corrected chi connectivity index (χ0v) is 37.9. The number of carbonyl (C=O) groups excluding carboxylic acids is 2. The Labute approximate surface area is 368 Å². The van der Waals surface area contributed by atoms with Crippen LogP contribution in [0.3, 0.4) is 0 Å². The summed E-state index contributed by atoms with van der Waals surface area (Å²) in [5.74, 6) is 4.05. The molecule has 326 valence electrons. The second kappa shape index (κ2) is 15.3. The third kappa shape index (κ3) is 5.38. The molecule has 10 aliphatic rings. The Morgan fingerprint density at radius 2 is 1.50 bits per heavy atom. The number of methoxy groups -OCH3 is 4. The maximum Gasteiger partial charge on any atom is 0.246 e. The molecule has 3 spiro atoms. The van der Waals surface area contributed by atoms with E-state index in [1.54, 1.807) is 54.5 Å². The van der Waals surface area contributed by atoms with E-state index in [0.29, 0.717) is 12.1 Å². The van der Waals surface area contributed by atoms with E-state index in [2.05, 4.69) is 66.9 Å². The number of ether oxygens (including phenoxy) is 6. The van der Waals surface area contributed by atoms with Gasteiger partial charge in [-0.2, -0.15) is 0 Å². The van der Waals surface area contributed by atoms with E-state index in [4.69, 9.17) is 28.4 Å². The van der Waals surface area contributed by atoms with Gasteiger partial charge in [-0.05, 0) is 114 Å². The number of hydrogen-bond acceptors (Lipinski definition) is 10. The second-order valence-corrected chi connectivity index (χ2v) is 18.3. The maximum atomic E-state index is 13.6. The Kier molecular flexibility index (Phi) is 10.5. The Balaban J connectivity index is 0.000000139. The van der Waals surface area contributed by atoms with Gasteiger partial charge in [0.1, 0.15) is 17.5 Å². The first-order valence-electron chi connectivity index (χ1n) is 21.9. The molecule has 4 heterocycles. The zero-order valence-electron chi connectivity index (χ0n) is 37.9. The first-order valence-corrected chi connectivity index (χ1v) is 21.9. The van der Waals surface area contributed by atoms with E-state index >= 15 is 0 Å². The number of amides is 2. The van der Waals surface area contributed by atoms with E-state index < -0.39 is 5.60 Å². The van der Waals surface area contributed by atoms with Gasteiger partial charge in [-0.1, -0.05) is 50.6 Å². The Hall–Kier alpha value is -4.65. The van der Waals surface area contributed by atoms with Crippen molar-refractivity contribution in [1.82, 2.24) is 19.4 Å². The first-order chi connectivity index (χ1) is 29.8. The van der Waals surface area contributed by atoms with Crippen LogP contribution in [0.2, 0.25) is 13.6 Å². The molecule has 6 aliphatic carbocycles. The maximum absolute atomic E-state index is 13.6. The van der Waals surface area contributed by atoms with Crippen molar-refractivity contribution >= 4 is 26.6 Å². The lowest BCUT2D eigenvalue weighted by Crippen LogP contribution is -2.80. The van der Waals surface area contributed by atoms with Crippen LogP contribution in [0.25, 0.3) is 0 Å². The quantitative estimate of drug-likeness (QED) is 0.210. The summed E-state index contributed by atoms with van der Waals surface area (Å²) in [6.07, 6.45) is 14.7. The normalized spacial score (nSPS) is 33.8. The number of allylic oxidation sites excluding steroid dienone is 2. The lowest BCUT2D eigenvalue weighted by atomic mass is 9.37. The molecule has 4 aliphatic heterocycles. The Morgan fingerprint density at radius 1 is 0.839 bits per heavy atom. The van der Waals surface area contributed by atoms with Gasteiger partial charge in [0.05, 0.1) is 38.1 Å². The number of piperidine rings is 2. The van der Waals surface area contributed by atoms with Crippen molar-refractivity contribution in [3.8, 4) is 23.0 Å². The highest BCUT2D eigenvalue weighted by atomic mass is 16.6. The van der Waals surface area contributed by atoms with Gasteiger partial charge in [-0.25, -0.2) is 0 Å². The summed E-state index contributed by atoms with van der Waals surface area (Å²) in [6, 6.07) is 9.31. The fourth-order valence-electron chi connectivity index (χ4n) is 13.2. The molecule has 2 aromatic rings. The Bertz CT molecular complexity index is 2300. The number of nitrogens with zero attached hydrogens (tertiary/aromatic N) is 4. The van der Waals surface area contributed by atoms with Crippen molar-refractivity contribution in [2.45, 2.75) is 86.5 Å². The second-order valence-electron chi connectivity index (χ2n) is 18.3. The summed E-state index contributed by atoms with van der Waals surface area (Å²) in [4.78, 5) is 32.3. The number of hydrogen-bond donors (Lipinski definition) is 0. The van der Waals surface area contributed by atoms with Gasteiger partial charge in [0.2, 0.25) is 26.6 Å². The molecule has 2 aromatic carbocycles. The Morgan fingerprint density at radius 3 is 2.11 bits per heavy atom. The van der Waals surface area contributed by atoms with Gasteiger partial charge in [-0.15, -0.1) is 0 Å². The monoisotopic (exact) mass is 842 g/mol. The van der Waals surface area contributed by atoms with Crippen LogP contribution >= 0.6 is 0 Å². The van der Waals surface area contributed by atoms with Crippen LogP contribution in [-0.2, 0) is 42.7 Å².